The number of aromatic nitrogens is 8. The van der Waals surface area contributed by atoms with Crippen LogP contribution in [0, 0.1) is 6.92 Å². The number of nitrogens with one attached hydrogen (secondary N) is 2. The van der Waals surface area contributed by atoms with Crippen LogP contribution in [-0.4, -0.2) is 45.9 Å². The second-order valence-corrected chi connectivity index (χ2v) is 7.19. The number of aromatic amines is 1. The Hall–Kier alpha value is -4.38. The smallest absolute Gasteiger partial charge is 0.278 e. The topological polar surface area (TPSA) is 136 Å². The molecule has 0 atom stereocenters. The minimum absolute atomic E-state index is 0.126. The van der Waals surface area contributed by atoms with Gasteiger partial charge in [-0.15, -0.1) is 9.90 Å². The number of H-pyrrole nitrogens is 1. The molecule has 0 saturated heterocycles. The van der Waals surface area contributed by atoms with E-state index in [4.69, 9.17) is 11.6 Å². The number of carbonyl (C=O) groups excluding carboxylic acids is 1. The lowest BCUT2D eigenvalue weighted by molar-refractivity contribution is 0.102. The molecule has 0 saturated carbocycles. The Labute approximate surface area is 184 Å². The number of halogens is 1. The van der Waals surface area contributed by atoms with E-state index in [-0.39, 0.29) is 16.3 Å². The number of nitrogens with zero attached hydrogens (tertiary/aromatic N) is 7. The molecule has 0 bridgehead atoms. The van der Waals surface area contributed by atoms with Gasteiger partial charge in [0.1, 0.15) is 0 Å². The van der Waals surface area contributed by atoms with Crippen molar-refractivity contribution in [3.8, 4) is 11.5 Å². The van der Waals surface area contributed by atoms with Crippen molar-refractivity contribution >= 4 is 34.0 Å². The average molecular weight is 448 g/mol. The van der Waals surface area contributed by atoms with Crippen molar-refractivity contribution in [3.05, 3.63) is 81.9 Å². The first kappa shape index (κ1) is 19.6. The van der Waals surface area contributed by atoms with Crippen LogP contribution in [0.2, 0.25) is 5.02 Å². The van der Waals surface area contributed by atoms with Gasteiger partial charge in [-0.3, -0.25) is 9.59 Å². The number of benzene rings is 1. The Morgan fingerprint density at radius 1 is 1.16 bits per heavy atom. The molecule has 12 heteroatoms. The van der Waals surface area contributed by atoms with Gasteiger partial charge in [-0.1, -0.05) is 22.9 Å². The average Bonchev–Trinajstić information content (AvgIpc) is 3.44. The number of rotatable bonds is 4. The molecule has 1 amide bonds. The minimum Gasteiger partial charge on any atom is -0.329 e. The molecule has 4 heterocycles. The molecule has 0 fully saturated rings. The summed E-state index contributed by atoms with van der Waals surface area (Å²) in [4.78, 5) is 33.1. The first-order valence-corrected chi connectivity index (χ1v) is 9.77. The van der Waals surface area contributed by atoms with Crippen LogP contribution in [0.25, 0.3) is 22.3 Å². The summed E-state index contributed by atoms with van der Waals surface area (Å²) in [6.07, 6.45) is 6.02. The maximum Gasteiger partial charge on any atom is 0.278 e. The van der Waals surface area contributed by atoms with Gasteiger partial charge in [0.25, 0.3) is 11.5 Å². The summed E-state index contributed by atoms with van der Waals surface area (Å²) in [5.41, 5.74) is 1.44. The molecule has 32 heavy (non-hydrogen) atoms. The van der Waals surface area contributed by atoms with Crippen LogP contribution in [0.1, 0.15) is 16.2 Å². The molecule has 0 spiro atoms. The fraction of sp³-hybridized carbons (Fsp3) is 0.0500. The summed E-state index contributed by atoms with van der Waals surface area (Å²) >= 11 is 6.26. The van der Waals surface area contributed by atoms with Gasteiger partial charge in [0.05, 0.1) is 40.7 Å². The van der Waals surface area contributed by atoms with Crippen LogP contribution in [0.4, 0.5) is 5.69 Å². The van der Waals surface area contributed by atoms with Gasteiger partial charge in [0, 0.05) is 17.0 Å². The van der Waals surface area contributed by atoms with E-state index in [1.165, 1.54) is 28.1 Å². The number of hydrogen-bond donors (Lipinski definition) is 2. The molecular formula is C20H14ClN9O2. The van der Waals surface area contributed by atoms with E-state index in [1.807, 2.05) is 0 Å². The standard InChI is InChI=1S/C20H14ClN9O2/c1-11-17(20(32)26-12-9-15(21)18(23-10-12)30-24-7-8-25-30)27-28-29(11)16-4-2-3-14-13(16)5-6-22-19(14)31/h2-10H,1H3,(H,22,31)(H,26,32). The van der Waals surface area contributed by atoms with E-state index in [9.17, 15) is 9.59 Å². The number of hydrogen-bond acceptors (Lipinski definition) is 7. The number of carbonyl (C=O) groups is 1. The maximum atomic E-state index is 12.8. The fourth-order valence-corrected chi connectivity index (χ4v) is 3.56. The Bertz CT molecular complexity index is 1520. The van der Waals surface area contributed by atoms with E-state index in [0.29, 0.717) is 33.7 Å². The largest absolute Gasteiger partial charge is 0.329 e. The minimum atomic E-state index is -0.477. The quantitative estimate of drug-likeness (QED) is 0.431. The summed E-state index contributed by atoms with van der Waals surface area (Å²) in [5.74, 6) is -0.141. The van der Waals surface area contributed by atoms with Gasteiger partial charge in [-0.25, -0.2) is 9.67 Å². The molecule has 11 nitrogen and oxygen atoms in total. The van der Waals surface area contributed by atoms with Gasteiger partial charge >= 0.3 is 0 Å². The first-order valence-electron chi connectivity index (χ1n) is 9.39. The normalized spacial score (nSPS) is 11.1. The molecule has 2 N–H and O–H groups in total. The van der Waals surface area contributed by atoms with Crippen molar-refractivity contribution in [2.75, 3.05) is 5.32 Å². The fourth-order valence-electron chi connectivity index (χ4n) is 3.32. The highest BCUT2D eigenvalue weighted by molar-refractivity contribution is 6.32. The van der Waals surface area contributed by atoms with Crippen molar-refractivity contribution in [2.45, 2.75) is 6.92 Å². The molecule has 1 aromatic carbocycles. The zero-order valence-electron chi connectivity index (χ0n) is 16.5. The summed E-state index contributed by atoms with van der Waals surface area (Å²) < 4.78 is 1.52. The van der Waals surface area contributed by atoms with Crippen LogP contribution in [0.15, 0.2) is 59.9 Å². The number of amides is 1. The Morgan fingerprint density at radius 2 is 1.97 bits per heavy atom. The Balaban J connectivity index is 1.45. The molecule has 158 valence electrons. The lowest BCUT2D eigenvalue weighted by Crippen LogP contribution is -2.15. The van der Waals surface area contributed by atoms with Crippen LogP contribution in [-0.2, 0) is 0 Å². The molecule has 5 aromatic rings. The zero-order valence-corrected chi connectivity index (χ0v) is 17.3. The van der Waals surface area contributed by atoms with Gasteiger partial charge in [-0.05, 0) is 31.2 Å². The lowest BCUT2D eigenvalue weighted by atomic mass is 10.1. The van der Waals surface area contributed by atoms with Crippen LogP contribution >= 0.6 is 11.6 Å². The molecule has 0 aliphatic heterocycles. The molecule has 5 rings (SSSR count). The maximum absolute atomic E-state index is 12.8. The van der Waals surface area contributed by atoms with Crippen molar-refractivity contribution < 1.29 is 4.79 Å². The van der Waals surface area contributed by atoms with Crippen LogP contribution in [0.3, 0.4) is 0 Å². The zero-order chi connectivity index (χ0) is 22.2. The highest BCUT2D eigenvalue weighted by atomic mass is 35.5. The third kappa shape index (κ3) is 3.30. The predicted octanol–water partition coefficient (Wildman–Crippen LogP) is 2.30. The van der Waals surface area contributed by atoms with Gasteiger partial charge < -0.3 is 10.3 Å². The third-order valence-electron chi connectivity index (χ3n) is 4.82. The van der Waals surface area contributed by atoms with E-state index < -0.39 is 5.91 Å². The third-order valence-corrected chi connectivity index (χ3v) is 5.10. The highest BCUT2D eigenvalue weighted by Crippen LogP contribution is 2.23. The van der Waals surface area contributed by atoms with Crippen molar-refractivity contribution in [1.82, 2.24) is 40.0 Å². The lowest BCUT2D eigenvalue weighted by Gasteiger charge is -2.08. The van der Waals surface area contributed by atoms with E-state index in [1.54, 1.807) is 43.5 Å². The summed E-state index contributed by atoms with van der Waals surface area (Å²) in [5, 5.41) is 20.3. The van der Waals surface area contributed by atoms with E-state index in [0.717, 1.165) is 0 Å². The molecule has 0 aliphatic carbocycles. The molecule has 4 aromatic heterocycles. The van der Waals surface area contributed by atoms with Crippen LogP contribution in [0.5, 0.6) is 0 Å². The second-order valence-electron chi connectivity index (χ2n) is 6.78. The van der Waals surface area contributed by atoms with E-state index >= 15 is 0 Å². The van der Waals surface area contributed by atoms with Crippen molar-refractivity contribution in [2.24, 2.45) is 0 Å². The van der Waals surface area contributed by atoms with Gasteiger partial charge in [0.2, 0.25) is 0 Å². The first-order chi connectivity index (χ1) is 15.5. The summed E-state index contributed by atoms with van der Waals surface area (Å²) in [7, 11) is 0. The SMILES string of the molecule is Cc1c(C(=O)Nc2cnc(-n3nccn3)c(Cl)c2)nnn1-c1cccc2c(=O)[nH]ccc12. The van der Waals surface area contributed by atoms with E-state index in [2.05, 4.69) is 35.8 Å². The number of pyridine rings is 2. The molecule has 0 radical (unpaired) electrons. The second kappa shape index (κ2) is 7.71. The summed E-state index contributed by atoms with van der Waals surface area (Å²) in [6.45, 7) is 1.72. The van der Waals surface area contributed by atoms with Crippen LogP contribution < -0.4 is 10.9 Å². The van der Waals surface area contributed by atoms with Crippen molar-refractivity contribution in [3.63, 3.8) is 0 Å². The summed E-state index contributed by atoms with van der Waals surface area (Å²) in [6, 6.07) is 8.59. The molecule has 0 unspecified atom stereocenters. The molecule has 0 aliphatic rings. The van der Waals surface area contributed by atoms with Gasteiger partial charge in [0.15, 0.2) is 11.5 Å². The predicted molar refractivity (Wildman–Crippen MR) is 116 cm³/mol. The molecular weight excluding hydrogens is 434 g/mol. The highest BCUT2D eigenvalue weighted by Gasteiger charge is 2.19. The Kier molecular flexibility index (Phi) is 4.71. The number of anilines is 1. The number of fused-ring (bicyclic) bond motifs is 1. The Morgan fingerprint density at radius 3 is 2.75 bits per heavy atom. The van der Waals surface area contributed by atoms with Gasteiger partial charge in [-0.2, -0.15) is 10.2 Å². The monoisotopic (exact) mass is 447 g/mol. The van der Waals surface area contributed by atoms with Crippen molar-refractivity contribution in [1.29, 1.82) is 0 Å².